The second-order valence-corrected chi connectivity index (χ2v) is 16.4. The zero-order valence-corrected chi connectivity index (χ0v) is 35.4. The molecule has 6 heteroatoms. The van der Waals surface area contributed by atoms with E-state index in [1.54, 1.807) is 0 Å². The molecule has 0 spiro atoms. The normalized spacial score (nSPS) is 12.6. The van der Waals surface area contributed by atoms with Gasteiger partial charge in [-0.15, -0.1) is 0 Å². The van der Waals surface area contributed by atoms with E-state index in [0.717, 1.165) is 69.6 Å². The molecule has 0 rings (SSSR count). The molecular formula is C46H88O6. The van der Waals surface area contributed by atoms with Crippen molar-refractivity contribution in [3.8, 4) is 0 Å². The standard InChI is InChI=1S/C46H88O6/c1-6-8-9-10-11-12-13-14-15-16-21-28-33-38-46(49)52-43(40-51-45(48)37-32-27-23-22-25-30-35-42(5)7-2)39-50-44(47)36-31-26-20-18-17-19-24-29-34-41(3)4/h41-43H,6-40H2,1-5H3/t42?,43-/m0/s1. The molecule has 0 amide bonds. The summed E-state index contributed by atoms with van der Waals surface area (Å²) in [5.41, 5.74) is 0. The second kappa shape index (κ2) is 39.1. The number of hydrogen-bond donors (Lipinski definition) is 0. The van der Waals surface area contributed by atoms with E-state index in [4.69, 9.17) is 14.2 Å². The number of rotatable bonds is 40. The molecule has 52 heavy (non-hydrogen) atoms. The summed E-state index contributed by atoms with van der Waals surface area (Å²) in [5.74, 6) is 0.749. The minimum absolute atomic E-state index is 0.0660. The van der Waals surface area contributed by atoms with Crippen molar-refractivity contribution in [2.45, 2.75) is 253 Å². The van der Waals surface area contributed by atoms with E-state index in [9.17, 15) is 14.4 Å². The lowest BCUT2D eigenvalue weighted by Crippen LogP contribution is -2.30. The Morgan fingerprint density at radius 1 is 0.404 bits per heavy atom. The van der Waals surface area contributed by atoms with Crippen LogP contribution in [0.3, 0.4) is 0 Å². The Hall–Kier alpha value is -1.59. The smallest absolute Gasteiger partial charge is 0.306 e. The first-order chi connectivity index (χ1) is 25.3. The van der Waals surface area contributed by atoms with Crippen LogP contribution in [0.5, 0.6) is 0 Å². The molecule has 0 fully saturated rings. The third kappa shape index (κ3) is 38.1. The van der Waals surface area contributed by atoms with Gasteiger partial charge in [0.05, 0.1) is 0 Å². The van der Waals surface area contributed by atoms with Gasteiger partial charge in [-0.3, -0.25) is 14.4 Å². The van der Waals surface area contributed by atoms with Gasteiger partial charge >= 0.3 is 17.9 Å². The van der Waals surface area contributed by atoms with Gasteiger partial charge < -0.3 is 14.2 Å². The lowest BCUT2D eigenvalue weighted by Gasteiger charge is -2.18. The van der Waals surface area contributed by atoms with Gasteiger partial charge in [0, 0.05) is 19.3 Å². The van der Waals surface area contributed by atoms with Gasteiger partial charge in [0.15, 0.2) is 6.10 Å². The van der Waals surface area contributed by atoms with E-state index < -0.39 is 6.10 Å². The molecule has 0 aliphatic heterocycles. The fourth-order valence-electron chi connectivity index (χ4n) is 6.72. The van der Waals surface area contributed by atoms with Gasteiger partial charge in [-0.1, -0.05) is 208 Å². The van der Waals surface area contributed by atoms with Crippen LogP contribution in [0.25, 0.3) is 0 Å². The van der Waals surface area contributed by atoms with Crippen molar-refractivity contribution < 1.29 is 28.6 Å². The van der Waals surface area contributed by atoms with E-state index >= 15 is 0 Å². The topological polar surface area (TPSA) is 78.9 Å². The number of carbonyl (C=O) groups is 3. The fourth-order valence-corrected chi connectivity index (χ4v) is 6.72. The van der Waals surface area contributed by atoms with Crippen LogP contribution < -0.4 is 0 Å². The third-order valence-electron chi connectivity index (χ3n) is 10.6. The lowest BCUT2D eigenvalue weighted by molar-refractivity contribution is -0.167. The highest BCUT2D eigenvalue weighted by molar-refractivity contribution is 5.71. The molecule has 6 nitrogen and oxygen atoms in total. The Labute approximate surface area is 323 Å². The minimum atomic E-state index is -0.761. The maximum Gasteiger partial charge on any atom is 0.306 e. The number of ether oxygens (including phenoxy) is 3. The Kier molecular flexibility index (Phi) is 37.9. The lowest BCUT2D eigenvalue weighted by atomic mass is 10.00. The first-order valence-electron chi connectivity index (χ1n) is 22.8. The monoisotopic (exact) mass is 737 g/mol. The van der Waals surface area contributed by atoms with Gasteiger partial charge in [0.1, 0.15) is 13.2 Å². The van der Waals surface area contributed by atoms with E-state index in [2.05, 4.69) is 34.6 Å². The van der Waals surface area contributed by atoms with Crippen LogP contribution >= 0.6 is 0 Å². The van der Waals surface area contributed by atoms with Crippen molar-refractivity contribution in [1.29, 1.82) is 0 Å². The van der Waals surface area contributed by atoms with Crippen LogP contribution in [-0.2, 0) is 28.6 Å². The van der Waals surface area contributed by atoms with Gasteiger partial charge in [-0.05, 0) is 31.1 Å². The Bertz CT molecular complexity index is 796. The van der Waals surface area contributed by atoms with E-state index in [1.807, 2.05) is 0 Å². The van der Waals surface area contributed by atoms with Crippen LogP contribution in [0.2, 0.25) is 0 Å². The summed E-state index contributed by atoms with van der Waals surface area (Å²) in [6.45, 7) is 11.3. The summed E-state index contributed by atoms with van der Waals surface area (Å²) in [5, 5.41) is 0. The second-order valence-electron chi connectivity index (χ2n) is 16.4. The average molecular weight is 737 g/mol. The maximum atomic E-state index is 12.7. The van der Waals surface area contributed by atoms with Crippen molar-refractivity contribution in [3.05, 3.63) is 0 Å². The van der Waals surface area contributed by atoms with Crippen molar-refractivity contribution in [1.82, 2.24) is 0 Å². The maximum absolute atomic E-state index is 12.7. The van der Waals surface area contributed by atoms with Crippen LogP contribution in [0, 0.1) is 11.8 Å². The molecule has 0 saturated carbocycles. The Morgan fingerprint density at radius 3 is 1.10 bits per heavy atom. The van der Waals surface area contributed by atoms with Crippen molar-refractivity contribution in [3.63, 3.8) is 0 Å². The number of esters is 3. The molecule has 0 radical (unpaired) electrons. The molecule has 0 aromatic carbocycles. The molecule has 0 aromatic heterocycles. The molecule has 0 saturated heterocycles. The predicted molar refractivity (Wildman–Crippen MR) is 220 cm³/mol. The molecule has 2 atom stereocenters. The van der Waals surface area contributed by atoms with Crippen LogP contribution in [0.15, 0.2) is 0 Å². The molecule has 0 aliphatic carbocycles. The van der Waals surface area contributed by atoms with Crippen LogP contribution in [0.4, 0.5) is 0 Å². The number of unbranched alkanes of at least 4 members (excludes halogenated alkanes) is 24. The van der Waals surface area contributed by atoms with Crippen molar-refractivity contribution in [2.24, 2.45) is 11.8 Å². The first kappa shape index (κ1) is 50.4. The van der Waals surface area contributed by atoms with Crippen molar-refractivity contribution in [2.75, 3.05) is 13.2 Å². The van der Waals surface area contributed by atoms with Crippen molar-refractivity contribution >= 4 is 17.9 Å². The minimum Gasteiger partial charge on any atom is -0.462 e. The summed E-state index contributed by atoms with van der Waals surface area (Å²) >= 11 is 0. The summed E-state index contributed by atoms with van der Waals surface area (Å²) in [4.78, 5) is 37.7. The van der Waals surface area contributed by atoms with Gasteiger partial charge in [-0.25, -0.2) is 0 Å². The van der Waals surface area contributed by atoms with Gasteiger partial charge in [0.25, 0.3) is 0 Å². The third-order valence-corrected chi connectivity index (χ3v) is 10.6. The SMILES string of the molecule is CCCCCCCCCCCCCCCC(=O)O[C@@H](COC(=O)CCCCCCCCCCC(C)C)COC(=O)CCCCCCCCC(C)CC. The highest BCUT2D eigenvalue weighted by Gasteiger charge is 2.19. The Balaban J connectivity index is 4.35. The molecule has 0 aliphatic rings. The van der Waals surface area contributed by atoms with Crippen LogP contribution in [-0.4, -0.2) is 37.2 Å². The molecule has 0 N–H and O–H groups in total. The van der Waals surface area contributed by atoms with E-state index in [0.29, 0.717) is 19.3 Å². The van der Waals surface area contributed by atoms with Gasteiger partial charge in [-0.2, -0.15) is 0 Å². The number of hydrogen-bond acceptors (Lipinski definition) is 6. The van der Waals surface area contributed by atoms with Gasteiger partial charge in [0.2, 0.25) is 0 Å². The molecule has 308 valence electrons. The average Bonchev–Trinajstić information content (AvgIpc) is 3.12. The summed E-state index contributed by atoms with van der Waals surface area (Å²) < 4.78 is 16.7. The molecule has 0 bridgehead atoms. The molecule has 0 heterocycles. The predicted octanol–water partition coefficient (Wildman–Crippen LogP) is 14.2. The Morgan fingerprint density at radius 2 is 0.731 bits per heavy atom. The molecule has 0 aromatic rings. The molecular weight excluding hydrogens is 648 g/mol. The fraction of sp³-hybridized carbons (Fsp3) is 0.935. The number of carbonyl (C=O) groups excluding carboxylic acids is 3. The van der Waals surface area contributed by atoms with E-state index in [1.165, 1.54) is 135 Å². The first-order valence-corrected chi connectivity index (χ1v) is 22.8. The van der Waals surface area contributed by atoms with E-state index in [-0.39, 0.29) is 31.1 Å². The highest BCUT2D eigenvalue weighted by Crippen LogP contribution is 2.17. The zero-order valence-electron chi connectivity index (χ0n) is 35.4. The molecule has 1 unspecified atom stereocenters. The largest absolute Gasteiger partial charge is 0.462 e. The quantitative estimate of drug-likeness (QED) is 0.0354. The summed E-state index contributed by atoms with van der Waals surface area (Å²) in [6.07, 6.45) is 36.6. The highest BCUT2D eigenvalue weighted by atomic mass is 16.6. The summed E-state index contributed by atoms with van der Waals surface area (Å²) in [7, 11) is 0. The zero-order chi connectivity index (χ0) is 38.3. The summed E-state index contributed by atoms with van der Waals surface area (Å²) in [6, 6.07) is 0. The van der Waals surface area contributed by atoms with Crippen LogP contribution in [0.1, 0.15) is 247 Å².